The highest BCUT2D eigenvalue weighted by Gasteiger charge is 2.12. The fraction of sp³-hybridized carbons (Fsp3) is 0.833. The van der Waals surface area contributed by atoms with Crippen LogP contribution in [0.3, 0.4) is 0 Å². The summed E-state index contributed by atoms with van der Waals surface area (Å²) < 4.78 is 4.52. The van der Waals surface area contributed by atoms with Gasteiger partial charge in [0.25, 0.3) is 0 Å². The first-order valence-electron chi connectivity index (χ1n) is 3.07. The number of ether oxygens (including phenoxy) is 1. The second-order valence-electron chi connectivity index (χ2n) is 2.11. The number of aliphatic hydroxyl groups is 2. The summed E-state index contributed by atoms with van der Waals surface area (Å²) in [6, 6.07) is 0. The van der Waals surface area contributed by atoms with Crippen molar-refractivity contribution in [1.82, 2.24) is 0 Å². The monoisotopic (exact) mass is 148 g/mol. The summed E-state index contributed by atoms with van der Waals surface area (Å²) in [5.41, 5.74) is 0. The van der Waals surface area contributed by atoms with Crippen LogP contribution < -0.4 is 0 Å². The highest BCUT2D eigenvalue weighted by atomic mass is 16.6. The van der Waals surface area contributed by atoms with Crippen LogP contribution in [0.15, 0.2) is 0 Å². The van der Waals surface area contributed by atoms with E-state index in [2.05, 4.69) is 4.74 Å². The quantitative estimate of drug-likeness (QED) is 0.519. The van der Waals surface area contributed by atoms with E-state index in [9.17, 15) is 4.79 Å². The number of carbonyl (C=O) groups excluding carboxylic acids is 1. The van der Waals surface area contributed by atoms with E-state index in [0.717, 1.165) is 0 Å². The van der Waals surface area contributed by atoms with Gasteiger partial charge in [0.1, 0.15) is 12.2 Å². The molecule has 0 spiro atoms. The van der Waals surface area contributed by atoms with Gasteiger partial charge in [0.05, 0.1) is 6.61 Å². The molecule has 0 saturated carbocycles. The lowest BCUT2D eigenvalue weighted by atomic mass is 10.4. The predicted molar refractivity (Wildman–Crippen MR) is 34.3 cm³/mol. The van der Waals surface area contributed by atoms with Gasteiger partial charge in [0, 0.05) is 0 Å². The van der Waals surface area contributed by atoms with Crippen molar-refractivity contribution in [2.45, 2.75) is 26.1 Å². The van der Waals surface area contributed by atoms with Crippen LogP contribution >= 0.6 is 0 Å². The van der Waals surface area contributed by atoms with Crippen LogP contribution in [0.2, 0.25) is 0 Å². The number of hydrogen-bond donors (Lipinski definition) is 2. The third-order valence-electron chi connectivity index (χ3n) is 0.916. The van der Waals surface area contributed by atoms with Crippen molar-refractivity contribution >= 4 is 5.97 Å². The van der Waals surface area contributed by atoms with Gasteiger partial charge in [-0.3, -0.25) is 0 Å². The van der Waals surface area contributed by atoms with Crippen LogP contribution in [0, 0.1) is 0 Å². The molecular formula is C6H12O4. The second kappa shape index (κ2) is 4.24. The lowest BCUT2D eigenvalue weighted by molar-refractivity contribution is -0.158. The maximum atomic E-state index is 10.5. The van der Waals surface area contributed by atoms with Gasteiger partial charge in [-0.05, 0) is 13.8 Å². The summed E-state index contributed by atoms with van der Waals surface area (Å²) in [7, 11) is 0. The van der Waals surface area contributed by atoms with Crippen molar-refractivity contribution < 1.29 is 19.7 Å². The minimum absolute atomic E-state index is 0.224. The zero-order valence-corrected chi connectivity index (χ0v) is 6.07. The van der Waals surface area contributed by atoms with Gasteiger partial charge < -0.3 is 14.9 Å². The molecule has 2 atom stereocenters. The van der Waals surface area contributed by atoms with Crippen LogP contribution in [0.25, 0.3) is 0 Å². The first kappa shape index (κ1) is 9.39. The molecule has 0 aromatic heterocycles. The molecule has 0 aliphatic carbocycles. The first-order chi connectivity index (χ1) is 4.57. The Kier molecular flexibility index (Phi) is 3.99. The molecule has 0 rings (SSSR count). The van der Waals surface area contributed by atoms with Gasteiger partial charge in [-0.25, -0.2) is 4.79 Å². The topological polar surface area (TPSA) is 66.8 Å². The van der Waals surface area contributed by atoms with Crippen LogP contribution in [-0.4, -0.2) is 35.0 Å². The molecule has 0 radical (unpaired) electrons. The molecule has 0 amide bonds. The average Bonchev–Trinajstić information content (AvgIpc) is 1.87. The maximum absolute atomic E-state index is 10.5. The Labute approximate surface area is 59.4 Å². The van der Waals surface area contributed by atoms with Gasteiger partial charge in [-0.2, -0.15) is 0 Å². The third kappa shape index (κ3) is 3.42. The Morgan fingerprint density at radius 2 is 2.10 bits per heavy atom. The van der Waals surface area contributed by atoms with Crippen molar-refractivity contribution in [2.75, 3.05) is 6.61 Å². The van der Waals surface area contributed by atoms with Gasteiger partial charge in [0.15, 0.2) is 0 Å². The zero-order chi connectivity index (χ0) is 8.15. The van der Waals surface area contributed by atoms with Crippen LogP contribution in [0.4, 0.5) is 0 Å². The molecule has 0 heterocycles. The molecule has 0 aromatic carbocycles. The summed E-state index contributed by atoms with van der Waals surface area (Å²) in [5.74, 6) is -0.707. The summed E-state index contributed by atoms with van der Waals surface area (Å²) in [5, 5.41) is 17.0. The van der Waals surface area contributed by atoms with Crippen LogP contribution in [0.5, 0.6) is 0 Å². The minimum Gasteiger partial charge on any atom is -0.458 e. The molecule has 0 saturated heterocycles. The Balaban J connectivity index is 3.57. The summed E-state index contributed by atoms with van der Waals surface area (Å²) in [6.45, 7) is 2.63. The summed E-state index contributed by atoms with van der Waals surface area (Å²) in [4.78, 5) is 10.5. The number of aliphatic hydroxyl groups excluding tert-OH is 2. The number of hydrogen-bond acceptors (Lipinski definition) is 4. The van der Waals surface area contributed by atoms with Gasteiger partial charge in [0.2, 0.25) is 0 Å². The molecule has 0 aliphatic rings. The van der Waals surface area contributed by atoms with E-state index >= 15 is 0 Å². The highest BCUT2D eigenvalue weighted by Crippen LogP contribution is 1.92. The smallest absolute Gasteiger partial charge is 0.335 e. The van der Waals surface area contributed by atoms with Crippen LogP contribution in [0.1, 0.15) is 13.8 Å². The molecule has 0 fully saturated rings. The fourth-order valence-electron chi connectivity index (χ4n) is 0.334. The summed E-state index contributed by atoms with van der Waals surface area (Å²) >= 11 is 0. The van der Waals surface area contributed by atoms with Gasteiger partial charge >= 0.3 is 5.97 Å². The Morgan fingerprint density at radius 1 is 1.60 bits per heavy atom. The van der Waals surface area contributed by atoms with E-state index in [-0.39, 0.29) is 6.61 Å². The van der Waals surface area contributed by atoms with E-state index in [1.807, 2.05) is 0 Å². The van der Waals surface area contributed by atoms with Crippen molar-refractivity contribution in [3.8, 4) is 0 Å². The lowest BCUT2D eigenvalue weighted by Crippen LogP contribution is -2.25. The largest absolute Gasteiger partial charge is 0.458 e. The molecule has 60 valence electrons. The molecule has 4 nitrogen and oxygen atoms in total. The molecule has 4 heteroatoms. The predicted octanol–water partition coefficient (Wildman–Crippen LogP) is -0.709. The Hall–Kier alpha value is -0.610. The Morgan fingerprint density at radius 3 is 2.40 bits per heavy atom. The second-order valence-corrected chi connectivity index (χ2v) is 2.11. The van der Waals surface area contributed by atoms with E-state index in [4.69, 9.17) is 10.2 Å². The fourth-order valence-corrected chi connectivity index (χ4v) is 0.334. The highest BCUT2D eigenvalue weighted by molar-refractivity contribution is 5.73. The number of rotatable bonds is 3. The van der Waals surface area contributed by atoms with Crippen molar-refractivity contribution in [3.63, 3.8) is 0 Å². The maximum Gasteiger partial charge on any atom is 0.335 e. The van der Waals surface area contributed by atoms with Crippen molar-refractivity contribution in [2.24, 2.45) is 0 Å². The lowest BCUT2D eigenvalue weighted by Gasteiger charge is -2.10. The van der Waals surface area contributed by atoms with Gasteiger partial charge in [-0.1, -0.05) is 0 Å². The van der Waals surface area contributed by atoms with Crippen LogP contribution in [-0.2, 0) is 9.53 Å². The minimum atomic E-state index is -1.12. The molecule has 10 heavy (non-hydrogen) atoms. The number of esters is 1. The Bertz CT molecular complexity index is 110. The van der Waals surface area contributed by atoms with E-state index in [1.165, 1.54) is 6.92 Å². The number of carbonyl (C=O) groups is 1. The SMILES string of the molecule is C[C@H](CO)OC(=O)[C@@H](C)O. The van der Waals surface area contributed by atoms with E-state index in [1.54, 1.807) is 6.92 Å². The average molecular weight is 148 g/mol. The molecule has 0 aromatic rings. The van der Waals surface area contributed by atoms with E-state index < -0.39 is 18.2 Å². The van der Waals surface area contributed by atoms with E-state index in [0.29, 0.717) is 0 Å². The summed E-state index contributed by atoms with van der Waals surface area (Å²) in [6.07, 6.45) is -1.66. The molecule has 2 N–H and O–H groups in total. The standard InChI is InChI=1S/C6H12O4/c1-4(3-7)10-6(9)5(2)8/h4-5,7-8H,3H2,1-2H3/t4-,5-/m1/s1. The van der Waals surface area contributed by atoms with Crippen molar-refractivity contribution in [1.29, 1.82) is 0 Å². The third-order valence-corrected chi connectivity index (χ3v) is 0.916. The normalized spacial score (nSPS) is 16.0. The van der Waals surface area contributed by atoms with Gasteiger partial charge in [-0.15, -0.1) is 0 Å². The molecule has 0 bridgehead atoms. The first-order valence-corrected chi connectivity index (χ1v) is 3.07. The zero-order valence-electron chi connectivity index (χ0n) is 6.07. The molecule has 0 unspecified atom stereocenters. The van der Waals surface area contributed by atoms with Crippen molar-refractivity contribution in [3.05, 3.63) is 0 Å². The molecular weight excluding hydrogens is 136 g/mol. The molecule has 0 aliphatic heterocycles.